The van der Waals surface area contributed by atoms with E-state index in [4.69, 9.17) is 4.74 Å². The average molecular weight is 260 g/mol. The van der Waals surface area contributed by atoms with Gasteiger partial charge in [-0.3, -0.25) is 4.79 Å². The van der Waals surface area contributed by atoms with Gasteiger partial charge in [0.2, 0.25) is 6.39 Å². The van der Waals surface area contributed by atoms with Crippen molar-refractivity contribution in [3.05, 3.63) is 36.5 Å². The van der Waals surface area contributed by atoms with Crippen LogP contribution in [0.3, 0.4) is 0 Å². The number of nitrogens with zero attached hydrogens (tertiary/aromatic N) is 2. The molecule has 1 aliphatic heterocycles. The van der Waals surface area contributed by atoms with Gasteiger partial charge in [0.1, 0.15) is 5.75 Å². The molecule has 0 saturated heterocycles. The highest BCUT2D eigenvalue weighted by molar-refractivity contribution is 5.82. The first-order valence-corrected chi connectivity index (χ1v) is 5.85. The highest BCUT2D eigenvalue weighted by Crippen LogP contribution is 2.28. The van der Waals surface area contributed by atoms with E-state index in [0.717, 1.165) is 5.69 Å². The monoisotopic (exact) mass is 260 g/mol. The van der Waals surface area contributed by atoms with Crippen LogP contribution in [0.2, 0.25) is 0 Å². The maximum absolute atomic E-state index is 11.9. The number of amides is 1. The standard InChI is InChI=1S/C12H12N4O3/c17-12(14-6-11-15-7-18-16-11)10-5-13-8-3-1-2-4-9(8)19-10/h1-4,7,10,13H,5-6H2,(H,14,17). The van der Waals surface area contributed by atoms with E-state index in [1.807, 2.05) is 24.3 Å². The Morgan fingerprint density at radius 2 is 2.37 bits per heavy atom. The van der Waals surface area contributed by atoms with Gasteiger partial charge in [-0.15, -0.1) is 0 Å². The van der Waals surface area contributed by atoms with Gasteiger partial charge in [0.15, 0.2) is 11.9 Å². The number of ether oxygens (including phenoxy) is 1. The maximum Gasteiger partial charge on any atom is 0.263 e. The second kappa shape index (κ2) is 4.97. The van der Waals surface area contributed by atoms with Gasteiger partial charge in [0, 0.05) is 0 Å². The van der Waals surface area contributed by atoms with E-state index in [1.54, 1.807) is 0 Å². The third kappa shape index (κ3) is 2.49. The molecule has 0 spiro atoms. The van der Waals surface area contributed by atoms with Crippen molar-refractivity contribution in [3.8, 4) is 5.75 Å². The molecule has 0 bridgehead atoms. The molecule has 1 atom stereocenters. The van der Waals surface area contributed by atoms with Gasteiger partial charge in [0.25, 0.3) is 5.91 Å². The summed E-state index contributed by atoms with van der Waals surface area (Å²) in [6, 6.07) is 7.50. The minimum atomic E-state index is -0.568. The normalized spacial score (nSPS) is 16.9. The van der Waals surface area contributed by atoms with Crippen LogP contribution in [-0.4, -0.2) is 28.7 Å². The molecule has 19 heavy (non-hydrogen) atoms. The van der Waals surface area contributed by atoms with Gasteiger partial charge in [-0.25, -0.2) is 0 Å². The largest absolute Gasteiger partial charge is 0.477 e. The summed E-state index contributed by atoms with van der Waals surface area (Å²) in [5, 5.41) is 9.46. The van der Waals surface area contributed by atoms with E-state index >= 15 is 0 Å². The fourth-order valence-electron chi connectivity index (χ4n) is 1.81. The number of nitrogens with one attached hydrogen (secondary N) is 2. The molecule has 0 fully saturated rings. The number of fused-ring (bicyclic) bond motifs is 1. The molecule has 0 aliphatic carbocycles. The van der Waals surface area contributed by atoms with Crippen LogP contribution in [0.4, 0.5) is 5.69 Å². The molecule has 2 N–H and O–H groups in total. The summed E-state index contributed by atoms with van der Waals surface area (Å²) in [6.07, 6.45) is 0.651. The lowest BCUT2D eigenvalue weighted by Crippen LogP contribution is -2.44. The van der Waals surface area contributed by atoms with Crippen molar-refractivity contribution in [2.24, 2.45) is 0 Å². The van der Waals surface area contributed by atoms with Gasteiger partial charge in [-0.1, -0.05) is 17.3 Å². The van der Waals surface area contributed by atoms with Crippen molar-refractivity contribution in [2.75, 3.05) is 11.9 Å². The van der Waals surface area contributed by atoms with Gasteiger partial charge in [-0.2, -0.15) is 4.98 Å². The van der Waals surface area contributed by atoms with Gasteiger partial charge < -0.3 is 19.9 Å². The summed E-state index contributed by atoms with van der Waals surface area (Å²) in [5.41, 5.74) is 0.893. The Bertz CT molecular complexity index is 570. The van der Waals surface area contributed by atoms with Crippen molar-refractivity contribution in [1.29, 1.82) is 0 Å². The zero-order chi connectivity index (χ0) is 13.1. The molecule has 1 amide bonds. The van der Waals surface area contributed by atoms with E-state index in [-0.39, 0.29) is 12.5 Å². The van der Waals surface area contributed by atoms with Gasteiger partial charge in [-0.05, 0) is 12.1 Å². The van der Waals surface area contributed by atoms with Crippen molar-refractivity contribution in [1.82, 2.24) is 15.5 Å². The first kappa shape index (κ1) is 11.5. The number of carbonyl (C=O) groups is 1. The minimum Gasteiger partial charge on any atom is -0.477 e. The molecule has 0 saturated carbocycles. The van der Waals surface area contributed by atoms with E-state index in [1.165, 1.54) is 6.39 Å². The van der Waals surface area contributed by atoms with Crippen LogP contribution in [0, 0.1) is 0 Å². The van der Waals surface area contributed by atoms with Crippen LogP contribution in [0.1, 0.15) is 5.82 Å². The molecule has 1 aromatic carbocycles. The third-order valence-corrected chi connectivity index (χ3v) is 2.75. The van der Waals surface area contributed by atoms with Crippen molar-refractivity contribution >= 4 is 11.6 Å². The van der Waals surface area contributed by atoms with E-state index in [9.17, 15) is 4.79 Å². The predicted octanol–water partition coefficient (Wildman–Crippen LogP) is 0.559. The highest BCUT2D eigenvalue weighted by atomic mass is 16.5. The number of rotatable bonds is 3. The summed E-state index contributed by atoms with van der Waals surface area (Å²) in [5.74, 6) is 0.887. The number of anilines is 1. The molecule has 7 nitrogen and oxygen atoms in total. The Labute approximate surface area is 109 Å². The quantitative estimate of drug-likeness (QED) is 0.838. The second-order valence-corrected chi connectivity index (χ2v) is 4.05. The van der Waals surface area contributed by atoms with Crippen molar-refractivity contribution in [3.63, 3.8) is 0 Å². The number of carbonyl (C=O) groups excluding carboxylic acids is 1. The van der Waals surface area contributed by atoms with Crippen molar-refractivity contribution in [2.45, 2.75) is 12.6 Å². The summed E-state index contributed by atoms with van der Waals surface area (Å²) in [4.78, 5) is 15.8. The summed E-state index contributed by atoms with van der Waals surface area (Å²) in [6.45, 7) is 0.645. The Morgan fingerprint density at radius 1 is 1.47 bits per heavy atom. The molecular weight excluding hydrogens is 248 g/mol. The Balaban J connectivity index is 1.60. The lowest BCUT2D eigenvalue weighted by Gasteiger charge is -2.26. The zero-order valence-electron chi connectivity index (χ0n) is 10.00. The third-order valence-electron chi connectivity index (χ3n) is 2.75. The Hall–Kier alpha value is -2.57. The van der Waals surface area contributed by atoms with E-state index in [2.05, 4.69) is 25.3 Å². The SMILES string of the molecule is O=C(NCc1ncon1)C1CNc2ccccc2O1. The molecule has 2 aromatic rings. The van der Waals surface area contributed by atoms with Crippen LogP contribution in [-0.2, 0) is 11.3 Å². The molecule has 98 valence electrons. The molecule has 7 heteroatoms. The highest BCUT2D eigenvalue weighted by Gasteiger charge is 2.25. The predicted molar refractivity (Wildman–Crippen MR) is 65.5 cm³/mol. The first-order chi connectivity index (χ1) is 9.33. The molecule has 1 aromatic heterocycles. The topological polar surface area (TPSA) is 89.3 Å². The molecule has 1 unspecified atom stereocenters. The van der Waals surface area contributed by atoms with Crippen LogP contribution in [0.5, 0.6) is 5.75 Å². The molecule has 0 radical (unpaired) electrons. The number of benzene rings is 1. The summed E-state index contributed by atoms with van der Waals surface area (Å²) >= 11 is 0. The lowest BCUT2D eigenvalue weighted by molar-refractivity contribution is -0.127. The second-order valence-electron chi connectivity index (χ2n) is 4.05. The molecule has 2 heterocycles. The average Bonchev–Trinajstić information content (AvgIpc) is 2.97. The minimum absolute atomic E-state index is 0.216. The molecule has 3 rings (SSSR count). The van der Waals surface area contributed by atoms with Gasteiger partial charge in [0.05, 0.1) is 18.8 Å². The molecule has 1 aliphatic rings. The maximum atomic E-state index is 11.9. The van der Waals surface area contributed by atoms with E-state index in [0.29, 0.717) is 18.1 Å². The molecular formula is C12H12N4O3. The fourth-order valence-corrected chi connectivity index (χ4v) is 1.81. The fraction of sp³-hybridized carbons (Fsp3) is 0.250. The summed E-state index contributed by atoms with van der Waals surface area (Å²) < 4.78 is 10.2. The number of aromatic nitrogens is 2. The zero-order valence-corrected chi connectivity index (χ0v) is 10.00. The summed E-state index contributed by atoms with van der Waals surface area (Å²) in [7, 11) is 0. The van der Waals surface area contributed by atoms with Gasteiger partial charge >= 0.3 is 0 Å². The van der Waals surface area contributed by atoms with E-state index < -0.39 is 6.10 Å². The van der Waals surface area contributed by atoms with Crippen molar-refractivity contribution < 1.29 is 14.1 Å². The number of hydrogen-bond donors (Lipinski definition) is 2. The first-order valence-electron chi connectivity index (χ1n) is 5.85. The van der Waals surface area contributed by atoms with Crippen LogP contribution < -0.4 is 15.4 Å². The van der Waals surface area contributed by atoms with Crippen LogP contribution >= 0.6 is 0 Å². The Morgan fingerprint density at radius 3 is 3.21 bits per heavy atom. The number of para-hydroxylation sites is 2. The van der Waals surface area contributed by atoms with Crippen LogP contribution in [0.25, 0.3) is 0 Å². The smallest absolute Gasteiger partial charge is 0.263 e. The van der Waals surface area contributed by atoms with Crippen LogP contribution in [0.15, 0.2) is 35.2 Å². The lowest BCUT2D eigenvalue weighted by atomic mass is 10.2. The number of hydrogen-bond acceptors (Lipinski definition) is 6. The Kier molecular flexibility index (Phi) is 3.01.